The van der Waals surface area contributed by atoms with Gasteiger partial charge in [0.15, 0.2) is 0 Å². The van der Waals surface area contributed by atoms with Gasteiger partial charge in [0, 0.05) is 6.42 Å². The van der Waals surface area contributed by atoms with Gasteiger partial charge in [-0.3, -0.25) is 0 Å². The lowest BCUT2D eigenvalue weighted by Crippen LogP contribution is -2.35. The van der Waals surface area contributed by atoms with Crippen LogP contribution in [0.15, 0.2) is 0 Å². The molecule has 3 saturated heterocycles. The third kappa shape index (κ3) is 8.73. The van der Waals surface area contributed by atoms with Crippen LogP contribution in [0.3, 0.4) is 0 Å². The summed E-state index contributed by atoms with van der Waals surface area (Å²) in [5, 5.41) is 0. The van der Waals surface area contributed by atoms with E-state index < -0.39 is 0 Å². The first-order valence-corrected chi connectivity index (χ1v) is 14.0. The molecule has 0 radical (unpaired) electrons. The predicted octanol–water partition coefficient (Wildman–Crippen LogP) is 4.67. The van der Waals surface area contributed by atoms with Crippen molar-refractivity contribution in [2.75, 3.05) is 39.6 Å². The molecule has 7 atom stereocenters. The van der Waals surface area contributed by atoms with E-state index in [0.717, 1.165) is 71.2 Å². The van der Waals surface area contributed by atoms with Crippen LogP contribution in [0.5, 0.6) is 0 Å². The zero-order chi connectivity index (χ0) is 22.3. The summed E-state index contributed by atoms with van der Waals surface area (Å²) in [6, 6.07) is 0. The van der Waals surface area contributed by atoms with Crippen molar-refractivity contribution in [3.8, 4) is 0 Å². The first kappa shape index (κ1) is 24.5. The van der Waals surface area contributed by atoms with Crippen molar-refractivity contribution >= 4 is 0 Å². The van der Waals surface area contributed by atoms with E-state index >= 15 is 0 Å². The Bertz CT molecular complexity index is 551. The molecule has 0 aromatic heterocycles. The Morgan fingerprint density at radius 2 is 1.00 bits per heavy atom. The molecule has 2 aliphatic carbocycles. The van der Waals surface area contributed by atoms with Crippen LogP contribution in [0, 0.1) is 11.8 Å². The molecule has 6 nitrogen and oxygen atoms in total. The highest BCUT2D eigenvalue weighted by molar-refractivity contribution is 4.86. The smallest absolute Gasteiger partial charge is 0.104 e. The average Bonchev–Trinajstić information content (AvgIpc) is 3.66. The zero-order valence-electron chi connectivity index (χ0n) is 20.5. The Kier molecular flexibility index (Phi) is 9.37. The fourth-order valence-electron chi connectivity index (χ4n) is 5.98. The van der Waals surface area contributed by atoms with Crippen molar-refractivity contribution in [2.45, 2.75) is 120 Å². The van der Waals surface area contributed by atoms with Gasteiger partial charge in [0.2, 0.25) is 0 Å². The second-order valence-corrected chi connectivity index (χ2v) is 11.2. The Balaban J connectivity index is 1.28. The normalized spacial score (nSPS) is 40.5. The third-order valence-corrected chi connectivity index (χ3v) is 8.35. The second kappa shape index (κ2) is 12.6. The van der Waals surface area contributed by atoms with Gasteiger partial charge < -0.3 is 28.4 Å². The predicted molar refractivity (Wildman–Crippen MR) is 125 cm³/mol. The molecule has 3 heterocycles. The minimum absolute atomic E-state index is 0.222. The van der Waals surface area contributed by atoms with Crippen LogP contribution < -0.4 is 0 Å². The van der Waals surface area contributed by atoms with Crippen molar-refractivity contribution in [2.24, 2.45) is 11.8 Å². The van der Waals surface area contributed by atoms with E-state index in [4.69, 9.17) is 28.4 Å². The fourth-order valence-corrected chi connectivity index (χ4v) is 5.98. The van der Waals surface area contributed by atoms with E-state index in [0.29, 0.717) is 30.3 Å². The molecule has 3 aliphatic heterocycles. The van der Waals surface area contributed by atoms with Gasteiger partial charge in [-0.1, -0.05) is 51.4 Å². The Labute approximate surface area is 200 Å². The van der Waals surface area contributed by atoms with Gasteiger partial charge >= 0.3 is 0 Å². The lowest BCUT2D eigenvalue weighted by atomic mass is 9.77. The summed E-state index contributed by atoms with van der Waals surface area (Å²) in [5.74, 6) is 1.35. The molecule has 5 fully saturated rings. The van der Waals surface area contributed by atoms with Gasteiger partial charge in [0.1, 0.15) is 18.3 Å². The van der Waals surface area contributed by atoms with Crippen molar-refractivity contribution in [1.29, 1.82) is 0 Å². The SMILES string of the molecule is C1CCCCC(C2CCC(OCC3CO3)CCC(OCC3CO3)CC2OCC2CO2)CCC1. The van der Waals surface area contributed by atoms with Gasteiger partial charge in [-0.05, 0) is 37.5 Å². The number of rotatable bonds is 10. The van der Waals surface area contributed by atoms with Gasteiger partial charge in [-0.2, -0.15) is 0 Å². The summed E-state index contributed by atoms with van der Waals surface area (Å²) < 4.78 is 35.8. The molecule has 190 valence electrons. The minimum atomic E-state index is 0.222. The second-order valence-electron chi connectivity index (χ2n) is 11.2. The van der Waals surface area contributed by atoms with E-state index in [2.05, 4.69) is 0 Å². The maximum atomic E-state index is 6.67. The maximum absolute atomic E-state index is 6.67. The molecule has 0 spiro atoms. The van der Waals surface area contributed by atoms with Gasteiger partial charge in [-0.25, -0.2) is 0 Å². The largest absolute Gasteiger partial charge is 0.375 e. The number of epoxide rings is 3. The third-order valence-electron chi connectivity index (χ3n) is 8.35. The van der Waals surface area contributed by atoms with Crippen LogP contribution >= 0.6 is 0 Å². The standard InChI is InChI=1S/C27H46O6/c1-2-4-6-8-20(7-5-3-1)26-12-11-21(28-14-23-16-30-23)9-10-22(29-15-24-17-31-24)13-27(26)33-19-25-18-32-25/h20-27H,1-19H2. The van der Waals surface area contributed by atoms with E-state index in [1.54, 1.807) is 0 Å². The Morgan fingerprint density at radius 3 is 1.61 bits per heavy atom. The van der Waals surface area contributed by atoms with Crippen molar-refractivity contribution in [1.82, 2.24) is 0 Å². The summed E-state index contributed by atoms with van der Waals surface area (Å²) in [7, 11) is 0. The first-order valence-electron chi connectivity index (χ1n) is 14.0. The molecule has 5 rings (SSSR count). The molecule has 0 aromatic rings. The average molecular weight is 467 g/mol. The minimum Gasteiger partial charge on any atom is -0.375 e. The van der Waals surface area contributed by atoms with Crippen LogP contribution in [-0.2, 0) is 28.4 Å². The van der Waals surface area contributed by atoms with E-state index in [1.165, 1.54) is 57.8 Å². The van der Waals surface area contributed by atoms with E-state index in [9.17, 15) is 0 Å². The number of hydrogen-bond donors (Lipinski definition) is 0. The van der Waals surface area contributed by atoms with Gasteiger partial charge in [0.05, 0.1) is 58.0 Å². The fraction of sp³-hybridized carbons (Fsp3) is 1.00. The summed E-state index contributed by atoms with van der Waals surface area (Å²) in [6.07, 6.45) is 18.2. The molecule has 0 bridgehead atoms. The highest BCUT2D eigenvalue weighted by atomic mass is 16.6. The van der Waals surface area contributed by atoms with Crippen molar-refractivity contribution < 1.29 is 28.4 Å². The topological polar surface area (TPSA) is 65.3 Å². The highest BCUT2D eigenvalue weighted by Crippen LogP contribution is 2.38. The van der Waals surface area contributed by atoms with Crippen LogP contribution in [0.4, 0.5) is 0 Å². The molecule has 0 aromatic carbocycles. The van der Waals surface area contributed by atoms with Crippen molar-refractivity contribution in [3.05, 3.63) is 0 Å². The molecule has 7 unspecified atom stereocenters. The summed E-state index contributed by atoms with van der Waals surface area (Å²) in [6.45, 7) is 4.79. The Hall–Kier alpha value is -0.240. The Morgan fingerprint density at radius 1 is 0.515 bits per heavy atom. The lowest BCUT2D eigenvalue weighted by molar-refractivity contribution is -0.0621. The van der Waals surface area contributed by atoms with E-state index in [1.807, 2.05) is 0 Å². The lowest BCUT2D eigenvalue weighted by Gasteiger charge is -2.35. The zero-order valence-corrected chi connectivity index (χ0v) is 20.5. The molecule has 0 N–H and O–H groups in total. The first-order chi connectivity index (χ1) is 16.3. The number of hydrogen-bond acceptors (Lipinski definition) is 6. The van der Waals surface area contributed by atoms with Crippen LogP contribution in [-0.4, -0.2) is 76.3 Å². The molecular formula is C27H46O6. The van der Waals surface area contributed by atoms with Gasteiger partial charge in [0.25, 0.3) is 0 Å². The summed E-state index contributed by atoms with van der Waals surface area (Å²) >= 11 is 0. The van der Waals surface area contributed by atoms with E-state index in [-0.39, 0.29) is 12.2 Å². The monoisotopic (exact) mass is 466 g/mol. The van der Waals surface area contributed by atoms with Crippen molar-refractivity contribution in [3.63, 3.8) is 0 Å². The number of ether oxygens (including phenoxy) is 6. The molecule has 33 heavy (non-hydrogen) atoms. The molecule has 0 amide bonds. The summed E-state index contributed by atoms with van der Waals surface area (Å²) in [4.78, 5) is 0. The molecule has 5 aliphatic rings. The van der Waals surface area contributed by atoms with Crippen LogP contribution in [0.1, 0.15) is 83.5 Å². The quantitative estimate of drug-likeness (QED) is 0.436. The molecular weight excluding hydrogens is 420 g/mol. The maximum Gasteiger partial charge on any atom is 0.104 e. The van der Waals surface area contributed by atoms with Crippen LogP contribution in [0.2, 0.25) is 0 Å². The molecule has 6 heteroatoms. The molecule has 2 saturated carbocycles. The highest BCUT2D eigenvalue weighted by Gasteiger charge is 2.37. The van der Waals surface area contributed by atoms with Gasteiger partial charge in [-0.15, -0.1) is 0 Å². The van der Waals surface area contributed by atoms with Crippen LogP contribution in [0.25, 0.3) is 0 Å². The summed E-state index contributed by atoms with van der Waals surface area (Å²) in [5.41, 5.74) is 0.